The van der Waals surface area contributed by atoms with Crippen molar-refractivity contribution in [3.63, 3.8) is 0 Å². The van der Waals surface area contributed by atoms with E-state index in [-0.39, 0.29) is 19.2 Å². The van der Waals surface area contributed by atoms with Gasteiger partial charge in [0.05, 0.1) is 6.61 Å². The zero-order chi connectivity index (χ0) is 17.8. The molecule has 0 amide bonds. The topological polar surface area (TPSA) is 122 Å². The third-order valence-corrected chi connectivity index (χ3v) is 4.35. The number of esters is 1. The first-order chi connectivity index (χ1) is 11.6. The van der Waals surface area contributed by atoms with Crippen LogP contribution in [-0.4, -0.2) is 65.5 Å². The van der Waals surface area contributed by atoms with Crippen molar-refractivity contribution in [1.82, 2.24) is 0 Å². The second-order valence-electron chi connectivity index (χ2n) is 6.47. The molecule has 1 rings (SSSR count). The van der Waals surface area contributed by atoms with E-state index in [1.54, 1.807) is 0 Å². The predicted octanol–water partition coefficient (Wildman–Crippen LogP) is 0.481. The Labute approximate surface area is 144 Å². The molecular formula is C17H33NO6. The van der Waals surface area contributed by atoms with Crippen molar-refractivity contribution in [2.75, 3.05) is 19.8 Å². The van der Waals surface area contributed by atoms with E-state index in [2.05, 4.69) is 0 Å². The largest absolute Gasteiger partial charge is 0.463 e. The summed E-state index contributed by atoms with van der Waals surface area (Å²) in [6.45, 7) is 0.585. The molecule has 0 aromatic carbocycles. The molecule has 0 saturated carbocycles. The lowest BCUT2D eigenvalue weighted by atomic mass is 10.0. The Hall–Kier alpha value is -0.730. The number of ether oxygens (including phenoxy) is 2. The molecule has 1 aliphatic heterocycles. The molecule has 24 heavy (non-hydrogen) atoms. The number of aliphatic hydroxyl groups is 3. The van der Waals surface area contributed by atoms with Crippen LogP contribution in [0, 0.1) is 0 Å². The minimum atomic E-state index is -1.27. The standard InChI is InChI=1S/C17H33NO6/c18-10-8-6-4-2-1-3-5-7-9-15(20)24-12-14-17(22)16(21)13(19)11-23-14/h13-14,16-17,19,21-22H,1-12,18H2/t13-,14+,16+,17+/m0/s1. The van der Waals surface area contributed by atoms with Crippen molar-refractivity contribution in [1.29, 1.82) is 0 Å². The average Bonchev–Trinajstić information content (AvgIpc) is 2.57. The number of carbonyl (C=O) groups excluding carboxylic acids is 1. The van der Waals surface area contributed by atoms with Crippen LogP contribution in [-0.2, 0) is 14.3 Å². The number of carbonyl (C=O) groups is 1. The van der Waals surface area contributed by atoms with Crippen LogP contribution in [0.5, 0.6) is 0 Å². The maximum atomic E-state index is 11.7. The summed E-state index contributed by atoms with van der Waals surface area (Å²) in [4.78, 5) is 11.7. The molecule has 0 radical (unpaired) electrons. The van der Waals surface area contributed by atoms with Crippen LogP contribution in [0.3, 0.4) is 0 Å². The van der Waals surface area contributed by atoms with Crippen molar-refractivity contribution in [2.45, 2.75) is 82.2 Å². The Kier molecular flexibility index (Phi) is 11.2. The van der Waals surface area contributed by atoms with E-state index < -0.39 is 24.4 Å². The molecule has 0 aromatic rings. The lowest BCUT2D eigenvalue weighted by Gasteiger charge is -2.34. The number of aliphatic hydroxyl groups excluding tert-OH is 3. The van der Waals surface area contributed by atoms with Gasteiger partial charge < -0.3 is 30.5 Å². The Bertz CT molecular complexity index is 341. The highest BCUT2D eigenvalue weighted by atomic mass is 16.6. The molecule has 0 bridgehead atoms. The molecule has 1 aliphatic rings. The Morgan fingerprint density at radius 3 is 2.17 bits per heavy atom. The summed E-state index contributed by atoms with van der Waals surface area (Å²) < 4.78 is 10.3. The van der Waals surface area contributed by atoms with E-state index in [0.717, 1.165) is 32.2 Å². The maximum Gasteiger partial charge on any atom is 0.305 e. The van der Waals surface area contributed by atoms with Crippen LogP contribution in [0.25, 0.3) is 0 Å². The summed E-state index contributed by atoms with van der Waals surface area (Å²) in [7, 11) is 0. The highest BCUT2D eigenvalue weighted by molar-refractivity contribution is 5.69. The first-order valence-electron chi connectivity index (χ1n) is 9.07. The first kappa shape index (κ1) is 21.3. The molecule has 142 valence electrons. The van der Waals surface area contributed by atoms with Gasteiger partial charge in [-0.05, 0) is 19.4 Å². The van der Waals surface area contributed by atoms with Crippen LogP contribution in [0.1, 0.15) is 57.8 Å². The van der Waals surface area contributed by atoms with Gasteiger partial charge in [0.15, 0.2) is 0 Å². The van der Waals surface area contributed by atoms with Gasteiger partial charge in [-0.3, -0.25) is 4.79 Å². The van der Waals surface area contributed by atoms with Gasteiger partial charge in [0.25, 0.3) is 0 Å². The number of nitrogens with two attached hydrogens (primary N) is 1. The van der Waals surface area contributed by atoms with E-state index in [9.17, 15) is 20.1 Å². The molecule has 0 aliphatic carbocycles. The number of hydrogen-bond donors (Lipinski definition) is 4. The van der Waals surface area contributed by atoms with E-state index in [1.807, 2.05) is 0 Å². The zero-order valence-corrected chi connectivity index (χ0v) is 14.4. The first-order valence-corrected chi connectivity index (χ1v) is 9.07. The van der Waals surface area contributed by atoms with Crippen molar-refractivity contribution in [2.24, 2.45) is 5.73 Å². The second kappa shape index (κ2) is 12.6. The van der Waals surface area contributed by atoms with Crippen LogP contribution in [0.15, 0.2) is 0 Å². The van der Waals surface area contributed by atoms with Crippen LogP contribution >= 0.6 is 0 Å². The van der Waals surface area contributed by atoms with E-state index in [4.69, 9.17) is 15.2 Å². The van der Waals surface area contributed by atoms with Gasteiger partial charge in [-0.2, -0.15) is 0 Å². The molecule has 4 atom stereocenters. The van der Waals surface area contributed by atoms with Gasteiger partial charge in [0, 0.05) is 6.42 Å². The maximum absolute atomic E-state index is 11.7. The molecule has 1 fully saturated rings. The second-order valence-corrected chi connectivity index (χ2v) is 6.47. The molecule has 7 heteroatoms. The predicted molar refractivity (Wildman–Crippen MR) is 89.3 cm³/mol. The Morgan fingerprint density at radius 2 is 1.54 bits per heavy atom. The van der Waals surface area contributed by atoms with E-state index >= 15 is 0 Å². The molecule has 0 unspecified atom stereocenters. The van der Waals surface area contributed by atoms with Crippen molar-refractivity contribution in [3.8, 4) is 0 Å². The molecular weight excluding hydrogens is 314 g/mol. The summed E-state index contributed by atoms with van der Waals surface area (Å²) >= 11 is 0. The average molecular weight is 347 g/mol. The minimum absolute atomic E-state index is 0.0777. The van der Waals surface area contributed by atoms with E-state index in [1.165, 1.54) is 25.7 Å². The molecule has 5 N–H and O–H groups in total. The molecule has 1 heterocycles. The molecule has 0 spiro atoms. The fourth-order valence-electron chi connectivity index (χ4n) is 2.74. The van der Waals surface area contributed by atoms with Gasteiger partial charge in [-0.1, -0.05) is 38.5 Å². The summed E-state index contributed by atoms with van der Waals surface area (Å²) in [5, 5.41) is 28.6. The molecule has 1 saturated heterocycles. The van der Waals surface area contributed by atoms with Gasteiger partial charge in [0.1, 0.15) is 31.0 Å². The zero-order valence-electron chi connectivity index (χ0n) is 14.4. The van der Waals surface area contributed by atoms with Gasteiger partial charge in [0.2, 0.25) is 0 Å². The minimum Gasteiger partial charge on any atom is -0.463 e. The van der Waals surface area contributed by atoms with Crippen molar-refractivity contribution < 1.29 is 29.6 Å². The smallest absolute Gasteiger partial charge is 0.305 e. The SMILES string of the molecule is NCCCCCCCCCCC(=O)OC[C@H]1OC[C@H](O)[C@@H](O)[C@@H]1O. The fourth-order valence-corrected chi connectivity index (χ4v) is 2.74. The normalized spacial score (nSPS) is 27.2. The highest BCUT2D eigenvalue weighted by Gasteiger charge is 2.38. The van der Waals surface area contributed by atoms with Gasteiger partial charge in [-0.25, -0.2) is 0 Å². The highest BCUT2D eigenvalue weighted by Crippen LogP contribution is 2.16. The lowest BCUT2D eigenvalue weighted by Crippen LogP contribution is -2.54. The van der Waals surface area contributed by atoms with Crippen LogP contribution in [0.2, 0.25) is 0 Å². The number of unbranched alkanes of at least 4 members (excludes halogenated alkanes) is 7. The Balaban J connectivity index is 1.98. The third kappa shape index (κ3) is 8.39. The summed E-state index contributed by atoms with van der Waals surface area (Å²) in [6, 6.07) is 0. The quantitative estimate of drug-likeness (QED) is 0.299. The van der Waals surface area contributed by atoms with Crippen LogP contribution in [0.4, 0.5) is 0 Å². The summed E-state index contributed by atoms with van der Waals surface area (Å²) in [6.07, 6.45) is 4.75. The van der Waals surface area contributed by atoms with Gasteiger partial charge >= 0.3 is 5.97 Å². The summed E-state index contributed by atoms with van der Waals surface area (Å²) in [5.74, 6) is -0.325. The summed E-state index contributed by atoms with van der Waals surface area (Å²) in [5.41, 5.74) is 5.44. The third-order valence-electron chi connectivity index (χ3n) is 4.35. The van der Waals surface area contributed by atoms with Crippen molar-refractivity contribution in [3.05, 3.63) is 0 Å². The monoisotopic (exact) mass is 347 g/mol. The van der Waals surface area contributed by atoms with Crippen LogP contribution < -0.4 is 5.73 Å². The number of rotatable bonds is 12. The number of hydrogen-bond acceptors (Lipinski definition) is 7. The van der Waals surface area contributed by atoms with E-state index in [0.29, 0.717) is 6.42 Å². The Morgan fingerprint density at radius 1 is 0.958 bits per heavy atom. The van der Waals surface area contributed by atoms with Gasteiger partial charge in [-0.15, -0.1) is 0 Å². The molecule has 0 aromatic heterocycles. The molecule has 7 nitrogen and oxygen atoms in total. The lowest BCUT2D eigenvalue weighted by molar-refractivity contribution is -0.201. The fraction of sp³-hybridized carbons (Fsp3) is 0.941. The van der Waals surface area contributed by atoms with Crippen molar-refractivity contribution >= 4 is 5.97 Å².